The Kier molecular flexibility index (Phi) is 6.60. The monoisotopic (exact) mass is 712 g/mol. The maximum absolute atomic E-state index is 5.40. The van der Waals surface area contributed by atoms with Gasteiger partial charge in [0.2, 0.25) is 5.95 Å². The number of hydrogen-bond acceptors (Lipinski definition) is 2. The van der Waals surface area contributed by atoms with Gasteiger partial charge in [-0.2, -0.15) is 0 Å². The second kappa shape index (κ2) is 12.0. The Morgan fingerprint density at radius 2 is 0.875 bits per heavy atom. The van der Waals surface area contributed by atoms with E-state index in [9.17, 15) is 0 Å². The van der Waals surface area contributed by atoms with Crippen LogP contribution in [0.1, 0.15) is 0 Å². The molecule has 0 atom stereocenters. The fraction of sp³-hybridized carbons (Fsp3) is 0. The average Bonchev–Trinajstić information content (AvgIpc) is 3.79. The SMILES string of the molecule is c1ccc(-c2nc(-n3c4ccccc4c4c5ccccc5c(-c5cc6c7ccccc7n(-c7ccccc7)c6c6ccccc56)cc43)nc3ccccc23)cc1. The van der Waals surface area contributed by atoms with E-state index in [-0.39, 0.29) is 0 Å². The van der Waals surface area contributed by atoms with Crippen LogP contribution < -0.4 is 0 Å². The van der Waals surface area contributed by atoms with E-state index in [1.165, 1.54) is 65.3 Å². The van der Waals surface area contributed by atoms with Crippen LogP contribution in [0.15, 0.2) is 194 Å². The van der Waals surface area contributed by atoms with Crippen molar-refractivity contribution in [3.63, 3.8) is 0 Å². The minimum Gasteiger partial charge on any atom is -0.309 e. The summed E-state index contributed by atoms with van der Waals surface area (Å²) in [5.41, 5.74) is 11.0. The van der Waals surface area contributed by atoms with Gasteiger partial charge >= 0.3 is 0 Å². The van der Waals surface area contributed by atoms with Gasteiger partial charge in [0.25, 0.3) is 0 Å². The number of rotatable bonds is 4. The molecule has 0 saturated heterocycles. The molecule has 0 saturated carbocycles. The zero-order valence-corrected chi connectivity index (χ0v) is 30.3. The van der Waals surface area contributed by atoms with Gasteiger partial charge in [-0.3, -0.25) is 4.57 Å². The first kappa shape index (κ1) is 30.9. The number of para-hydroxylation sites is 4. The topological polar surface area (TPSA) is 35.6 Å². The van der Waals surface area contributed by atoms with E-state index in [0.29, 0.717) is 5.95 Å². The largest absolute Gasteiger partial charge is 0.309 e. The summed E-state index contributed by atoms with van der Waals surface area (Å²) >= 11 is 0. The molecular weight excluding hydrogens is 681 g/mol. The number of aromatic nitrogens is 4. The summed E-state index contributed by atoms with van der Waals surface area (Å²) in [6, 6.07) is 69.6. The van der Waals surface area contributed by atoms with Crippen LogP contribution in [0.25, 0.3) is 110 Å². The van der Waals surface area contributed by atoms with Crippen LogP contribution in [0.5, 0.6) is 0 Å². The van der Waals surface area contributed by atoms with Crippen molar-refractivity contribution in [2.24, 2.45) is 0 Å². The molecule has 0 aliphatic heterocycles. The van der Waals surface area contributed by atoms with Gasteiger partial charge in [-0.1, -0.05) is 152 Å². The van der Waals surface area contributed by atoms with Crippen molar-refractivity contribution in [1.82, 2.24) is 19.1 Å². The summed E-state index contributed by atoms with van der Waals surface area (Å²) < 4.78 is 4.71. The Morgan fingerprint density at radius 3 is 1.62 bits per heavy atom. The summed E-state index contributed by atoms with van der Waals surface area (Å²) in [7, 11) is 0. The van der Waals surface area contributed by atoms with E-state index in [4.69, 9.17) is 9.97 Å². The minimum absolute atomic E-state index is 0.654. The Morgan fingerprint density at radius 1 is 0.339 bits per heavy atom. The van der Waals surface area contributed by atoms with E-state index < -0.39 is 0 Å². The molecule has 0 bridgehead atoms. The summed E-state index contributed by atoms with van der Waals surface area (Å²) in [6.07, 6.45) is 0. The lowest BCUT2D eigenvalue weighted by atomic mass is 9.90. The third-order valence-electron chi connectivity index (χ3n) is 11.5. The van der Waals surface area contributed by atoms with Crippen LogP contribution in [0.3, 0.4) is 0 Å². The van der Waals surface area contributed by atoms with Gasteiger partial charge in [-0.25, -0.2) is 9.97 Å². The molecule has 0 amide bonds. The van der Waals surface area contributed by atoms with E-state index in [2.05, 4.69) is 197 Å². The molecule has 0 unspecified atom stereocenters. The van der Waals surface area contributed by atoms with Crippen molar-refractivity contribution in [2.75, 3.05) is 0 Å². The lowest BCUT2D eigenvalue weighted by molar-refractivity contribution is 1.01. The summed E-state index contributed by atoms with van der Waals surface area (Å²) in [4.78, 5) is 10.7. The second-order valence-electron chi connectivity index (χ2n) is 14.5. The normalized spacial score (nSPS) is 11.9. The predicted molar refractivity (Wildman–Crippen MR) is 234 cm³/mol. The average molecular weight is 713 g/mol. The van der Waals surface area contributed by atoms with Crippen molar-refractivity contribution in [3.05, 3.63) is 194 Å². The number of benzene rings is 9. The van der Waals surface area contributed by atoms with Gasteiger partial charge in [0.05, 0.1) is 33.3 Å². The maximum atomic E-state index is 5.40. The Hall–Kier alpha value is -7.56. The molecule has 0 spiro atoms. The third-order valence-corrected chi connectivity index (χ3v) is 11.5. The molecule has 0 fully saturated rings. The fourth-order valence-corrected chi connectivity index (χ4v) is 9.14. The van der Waals surface area contributed by atoms with Crippen molar-refractivity contribution in [3.8, 4) is 34.0 Å². The van der Waals surface area contributed by atoms with E-state index >= 15 is 0 Å². The first-order valence-corrected chi connectivity index (χ1v) is 19.1. The van der Waals surface area contributed by atoms with Gasteiger partial charge in [0.1, 0.15) is 0 Å². The molecule has 9 aromatic carbocycles. The predicted octanol–water partition coefficient (Wildman–Crippen LogP) is 13.5. The lowest BCUT2D eigenvalue weighted by Crippen LogP contribution is -2.03. The highest BCUT2D eigenvalue weighted by atomic mass is 15.2. The summed E-state index contributed by atoms with van der Waals surface area (Å²) in [5.74, 6) is 0.654. The fourth-order valence-electron chi connectivity index (χ4n) is 9.14. The third kappa shape index (κ3) is 4.41. The lowest BCUT2D eigenvalue weighted by Gasteiger charge is -2.16. The molecule has 0 aliphatic carbocycles. The maximum Gasteiger partial charge on any atom is 0.235 e. The van der Waals surface area contributed by atoms with E-state index in [1.807, 2.05) is 6.07 Å². The molecule has 3 heterocycles. The molecule has 56 heavy (non-hydrogen) atoms. The van der Waals surface area contributed by atoms with Crippen LogP contribution in [0, 0.1) is 0 Å². The van der Waals surface area contributed by atoms with Crippen LogP contribution in [0.2, 0.25) is 0 Å². The van der Waals surface area contributed by atoms with Crippen LogP contribution in [-0.2, 0) is 0 Å². The molecule has 3 aromatic heterocycles. The molecule has 0 N–H and O–H groups in total. The number of nitrogens with zero attached hydrogens (tertiary/aromatic N) is 4. The van der Waals surface area contributed by atoms with Gasteiger partial charge in [0, 0.05) is 43.6 Å². The minimum atomic E-state index is 0.654. The highest BCUT2D eigenvalue weighted by molar-refractivity contribution is 6.27. The quantitative estimate of drug-likeness (QED) is 0.182. The summed E-state index contributed by atoms with van der Waals surface area (Å²) in [6.45, 7) is 0. The Balaban J connectivity index is 1.23. The van der Waals surface area contributed by atoms with Crippen molar-refractivity contribution in [2.45, 2.75) is 0 Å². The van der Waals surface area contributed by atoms with Gasteiger partial charge < -0.3 is 4.57 Å². The zero-order valence-electron chi connectivity index (χ0n) is 30.3. The van der Waals surface area contributed by atoms with Gasteiger partial charge in [-0.05, 0) is 69.8 Å². The highest BCUT2D eigenvalue weighted by Gasteiger charge is 2.23. The van der Waals surface area contributed by atoms with Crippen LogP contribution in [-0.4, -0.2) is 19.1 Å². The van der Waals surface area contributed by atoms with Crippen molar-refractivity contribution in [1.29, 1.82) is 0 Å². The smallest absolute Gasteiger partial charge is 0.235 e. The molecular formula is C52H32N4. The van der Waals surface area contributed by atoms with E-state index in [1.54, 1.807) is 0 Å². The molecule has 260 valence electrons. The first-order chi connectivity index (χ1) is 27.8. The Labute approximate surface area is 322 Å². The van der Waals surface area contributed by atoms with Crippen LogP contribution >= 0.6 is 0 Å². The van der Waals surface area contributed by atoms with E-state index in [0.717, 1.165) is 38.9 Å². The van der Waals surface area contributed by atoms with Crippen molar-refractivity contribution >= 4 is 76.1 Å². The summed E-state index contributed by atoms with van der Waals surface area (Å²) in [5, 5.41) is 10.7. The molecule has 4 heteroatoms. The second-order valence-corrected chi connectivity index (χ2v) is 14.5. The Bertz CT molecular complexity index is 3520. The molecule has 4 nitrogen and oxygen atoms in total. The molecule has 0 radical (unpaired) electrons. The van der Waals surface area contributed by atoms with Gasteiger partial charge in [0.15, 0.2) is 0 Å². The van der Waals surface area contributed by atoms with Gasteiger partial charge in [-0.15, -0.1) is 0 Å². The molecule has 12 rings (SSSR count). The molecule has 0 aliphatic rings. The zero-order chi connectivity index (χ0) is 36.7. The van der Waals surface area contributed by atoms with Crippen molar-refractivity contribution < 1.29 is 0 Å². The number of hydrogen-bond donors (Lipinski definition) is 0. The first-order valence-electron chi connectivity index (χ1n) is 19.1. The molecule has 12 aromatic rings. The highest BCUT2D eigenvalue weighted by Crippen LogP contribution is 2.46. The standard InChI is InChI=1S/C52H32N4/c1-3-17-33(18-4-1)50-40-26-11-14-28-45(40)53-52(54-50)56-47-30-16-13-27-41(47)49-38-24-9-7-21-35(38)43(32-48(49)56)42-31-44-37-23-12-15-29-46(37)55(34-19-5-2-6-20-34)51(44)39-25-10-8-22-36(39)42/h1-32H. The number of fused-ring (bicyclic) bond motifs is 11. The van der Waals surface area contributed by atoms with Crippen LogP contribution in [0.4, 0.5) is 0 Å².